The fraction of sp³-hybridized carbons (Fsp3) is 0.440. The van der Waals surface area contributed by atoms with Gasteiger partial charge in [-0.3, -0.25) is 4.31 Å². The van der Waals surface area contributed by atoms with Gasteiger partial charge < -0.3 is 9.32 Å². The maximum atomic E-state index is 13.8. The summed E-state index contributed by atoms with van der Waals surface area (Å²) in [6.07, 6.45) is -0.748. The number of piperidine rings is 1. The predicted octanol–water partition coefficient (Wildman–Crippen LogP) is 5.96. The number of benzene rings is 2. The minimum Gasteiger partial charge on any atom is -0.415 e. The number of aromatic nitrogens is 2. The number of likely N-dealkylation sites (tertiary alicyclic amines) is 1. The van der Waals surface area contributed by atoms with Gasteiger partial charge in [0.25, 0.3) is 5.89 Å². The number of rotatable bonds is 8. The first-order valence-corrected chi connectivity index (χ1v) is 13.4. The van der Waals surface area contributed by atoms with Crippen LogP contribution in [0.5, 0.6) is 0 Å². The van der Waals surface area contributed by atoms with Gasteiger partial charge in [-0.25, -0.2) is 8.60 Å². The van der Waals surface area contributed by atoms with Gasteiger partial charge in [-0.15, -0.1) is 10.2 Å². The van der Waals surface area contributed by atoms with Gasteiger partial charge in [0, 0.05) is 16.6 Å². The molecule has 2 aromatic carbocycles. The molecule has 1 aliphatic carbocycles. The van der Waals surface area contributed by atoms with Crippen LogP contribution in [-0.2, 0) is 17.5 Å². The number of anilines is 1. The molecule has 2 heterocycles. The fourth-order valence-electron chi connectivity index (χ4n) is 4.69. The minimum atomic E-state index is -2.83. The molecule has 5 rings (SSSR count). The summed E-state index contributed by atoms with van der Waals surface area (Å²) in [6.45, 7) is 2.00. The van der Waals surface area contributed by atoms with Gasteiger partial charge in [-0.1, -0.05) is 29.8 Å². The van der Waals surface area contributed by atoms with Crippen LogP contribution in [0.15, 0.2) is 52.9 Å². The van der Waals surface area contributed by atoms with Gasteiger partial charge in [-0.2, -0.15) is 8.78 Å². The molecule has 0 spiro atoms. The van der Waals surface area contributed by atoms with Crippen molar-refractivity contribution in [1.29, 1.82) is 0 Å². The lowest BCUT2D eigenvalue weighted by atomic mass is 9.88. The van der Waals surface area contributed by atoms with Crippen molar-refractivity contribution in [2.75, 3.05) is 17.4 Å². The van der Waals surface area contributed by atoms with E-state index in [1.807, 2.05) is 28.6 Å². The average molecular weight is 539 g/mol. The SMILES string of the molecule is O=S(C1CCN(C2CC(F)C2)CC1)N(Cc1ccc(-c2nnc(C(F)F)o2)cc1)c1cccc(Cl)c1. The molecule has 3 aromatic rings. The van der Waals surface area contributed by atoms with Crippen molar-refractivity contribution in [2.24, 2.45) is 0 Å². The van der Waals surface area contributed by atoms with Gasteiger partial charge in [0.2, 0.25) is 5.89 Å². The molecule has 1 aliphatic heterocycles. The Morgan fingerprint density at radius 3 is 2.44 bits per heavy atom. The van der Waals surface area contributed by atoms with Gasteiger partial charge in [0.1, 0.15) is 17.2 Å². The summed E-state index contributed by atoms with van der Waals surface area (Å²) < 4.78 is 59.5. The Kier molecular flexibility index (Phi) is 7.64. The van der Waals surface area contributed by atoms with E-state index in [1.54, 1.807) is 24.3 Å². The minimum absolute atomic E-state index is 0.0180. The number of hydrogen-bond donors (Lipinski definition) is 0. The molecule has 1 unspecified atom stereocenters. The molecular formula is C25H26ClF3N4O2S. The molecule has 1 saturated carbocycles. The van der Waals surface area contributed by atoms with E-state index >= 15 is 0 Å². The normalized spacial score (nSPS) is 21.9. The van der Waals surface area contributed by atoms with Crippen molar-refractivity contribution < 1.29 is 21.8 Å². The maximum absolute atomic E-state index is 13.8. The average Bonchev–Trinajstić information content (AvgIpc) is 3.36. The zero-order valence-electron chi connectivity index (χ0n) is 19.4. The third-order valence-electron chi connectivity index (χ3n) is 6.80. The zero-order chi connectivity index (χ0) is 25.2. The lowest BCUT2D eigenvalue weighted by Gasteiger charge is -2.43. The molecular weight excluding hydrogens is 513 g/mol. The molecule has 6 nitrogen and oxygen atoms in total. The van der Waals surface area contributed by atoms with Crippen molar-refractivity contribution in [3.8, 4) is 11.5 Å². The highest BCUT2D eigenvalue weighted by Gasteiger charge is 2.37. The number of halogens is 4. The Hall–Kier alpha value is -2.43. The summed E-state index contributed by atoms with van der Waals surface area (Å²) in [6, 6.07) is 14.7. The first-order chi connectivity index (χ1) is 17.4. The monoisotopic (exact) mass is 538 g/mol. The third kappa shape index (κ3) is 5.60. The highest BCUT2D eigenvalue weighted by molar-refractivity contribution is 7.87. The molecule has 1 atom stereocenters. The maximum Gasteiger partial charge on any atom is 0.314 e. The lowest BCUT2D eigenvalue weighted by molar-refractivity contribution is 0.0427. The molecule has 1 aromatic heterocycles. The molecule has 0 bridgehead atoms. The summed E-state index contributed by atoms with van der Waals surface area (Å²) in [7, 11) is -1.32. The first kappa shape index (κ1) is 25.2. The Morgan fingerprint density at radius 1 is 1.11 bits per heavy atom. The molecule has 0 amide bonds. The highest BCUT2D eigenvalue weighted by atomic mass is 35.5. The molecule has 2 aliphatic rings. The standard InChI is InChI=1S/C25H26ClF3N4O2S/c26-18-2-1-3-20(12-18)33(36(34)22-8-10-32(11-9-22)21-13-19(27)14-21)15-16-4-6-17(7-5-16)24-30-31-25(35-24)23(28)29/h1-7,12,19,21-23H,8-11,13-15H2. The Balaban J connectivity index is 1.30. The van der Waals surface area contributed by atoms with Crippen LogP contribution in [0, 0.1) is 0 Å². The molecule has 192 valence electrons. The van der Waals surface area contributed by atoms with Crippen molar-refractivity contribution in [3.63, 3.8) is 0 Å². The van der Waals surface area contributed by atoms with Crippen molar-refractivity contribution in [2.45, 2.75) is 56.1 Å². The molecule has 36 heavy (non-hydrogen) atoms. The van der Waals surface area contributed by atoms with E-state index < -0.39 is 29.5 Å². The highest BCUT2D eigenvalue weighted by Crippen LogP contribution is 2.33. The number of nitrogens with zero attached hydrogens (tertiary/aromatic N) is 4. The van der Waals surface area contributed by atoms with E-state index in [0.717, 1.165) is 37.2 Å². The molecule has 11 heteroatoms. The van der Waals surface area contributed by atoms with Crippen LogP contribution in [0.4, 0.5) is 18.9 Å². The summed E-state index contributed by atoms with van der Waals surface area (Å²) in [4.78, 5) is 2.32. The molecule has 1 saturated heterocycles. The Morgan fingerprint density at radius 2 is 1.83 bits per heavy atom. The van der Waals surface area contributed by atoms with Crippen LogP contribution >= 0.6 is 11.6 Å². The summed E-state index contributed by atoms with van der Waals surface area (Å²) >= 11 is 6.24. The number of hydrogen-bond acceptors (Lipinski definition) is 5. The molecule has 2 fully saturated rings. The van der Waals surface area contributed by atoms with Crippen LogP contribution in [0.25, 0.3) is 11.5 Å². The second-order valence-electron chi connectivity index (χ2n) is 9.19. The Bertz CT molecular complexity index is 1200. The predicted molar refractivity (Wildman–Crippen MR) is 133 cm³/mol. The van der Waals surface area contributed by atoms with Crippen LogP contribution in [0.1, 0.15) is 43.6 Å². The van der Waals surface area contributed by atoms with E-state index in [2.05, 4.69) is 15.1 Å². The molecule has 0 N–H and O–H groups in total. The van der Waals surface area contributed by atoms with Gasteiger partial charge in [0.05, 0.1) is 17.5 Å². The van der Waals surface area contributed by atoms with E-state index in [1.165, 1.54) is 0 Å². The van der Waals surface area contributed by atoms with E-state index in [4.69, 9.17) is 16.0 Å². The topological polar surface area (TPSA) is 62.5 Å². The summed E-state index contributed by atoms with van der Waals surface area (Å²) in [5.74, 6) is -0.700. The number of alkyl halides is 3. The van der Waals surface area contributed by atoms with Gasteiger partial charge >= 0.3 is 6.43 Å². The van der Waals surface area contributed by atoms with Crippen LogP contribution in [0.2, 0.25) is 5.02 Å². The van der Waals surface area contributed by atoms with Crippen molar-refractivity contribution >= 4 is 28.3 Å². The van der Waals surface area contributed by atoms with Gasteiger partial charge in [-0.05, 0) is 74.7 Å². The fourth-order valence-corrected chi connectivity index (χ4v) is 6.45. The quantitative estimate of drug-likeness (QED) is 0.354. The van der Waals surface area contributed by atoms with E-state index in [9.17, 15) is 17.4 Å². The zero-order valence-corrected chi connectivity index (χ0v) is 21.0. The smallest absolute Gasteiger partial charge is 0.314 e. The van der Waals surface area contributed by atoms with Gasteiger partial charge in [0.15, 0.2) is 0 Å². The lowest BCUT2D eigenvalue weighted by Crippen LogP contribution is -2.51. The molecule has 0 radical (unpaired) electrons. The second-order valence-corrected chi connectivity index (χ2v) is 11.3. The van der Waals surface area contributed by atoms with Crippen LogP contribution in [0.3, 0.4) is 0 Å². The third-order valence-corrected chi connectivity index (χ3v) is 8.85. The summed E-state index contributed by atoms with van der Waals surface area (Å²) in [5.41, 5.74) is 2.15. The van der Waals surface area contributed by atoms with Crippen LogP contribution < -0.4 is 4.31 Å². The van der Waals surface area contributed by atoms with E-state index in [0.29, 0.717) is 36.0 Å². The largest absolute Gasteiger partial charge is 0.415 e. The van der Waals surface area contributed by atoms with Crippen molar-refractivity contribution in [1.82, 2.24) is 15.1 Å². The van der Waals surface area contributed by atoms with Crippen LogP contribution in [-0.4, -0.2) is 49.9 Å². The van der Waals surface area contributed by atoms with E-state index in [-0.39, 0.29) is 11.1 Å². The summed E-state index contributed by atoms with van der Waals surface area (Å²) in [5, 5.41) is 7.58. The Labute approximate surface area is 215 Å². The second kappa shape index (κ2) is 10.9. The van der Waals surface area contributed by atoms with Crippen molar-refractivity contribution in [3.05, 3.63) is 65.0 Å². The first-order valence-electron chi connectivity index (χ1n) is 11.9.